The van der Waals surface area contributed by atoms with Crippen LogP contribution in [0.15, 0.2) is 36.4 Å². The molecule has 0 atom stereocenters. The number of amides is 1. The van der Waals surface area contributed by atoms with Crippen LogP contribution in [-0.4, -0.2) is 57.2 Å². The van der Waals surface area contributed by atoms with Gasteiger partial charge in [-0.3, -0.25) is 9.69 Å². The Kier molecular flexibility index (Phi) is 8.46. The number of aryl methyl sites for hydroxylation is 1. The molecule has 0 spiro atoms. The summed E-state index contributed by atoms with van der Waals surface area (Å²) in [5.74, 6) is 1.03. The number of ether oxygens (including phenoxy) is 2. The van der Waals surface area contributed by atoms with Crippen molar-refractivity contribution in [3.63, 3.8) is 0 Å². The van der Waals surface area contributed by atoms with Gasteiger partial charge in [-0.25, -0.2) is 4.98 Å². The zero-order valence-corrected chi connectivity index (χ0v) is 19.6. The molecule has 0 bridgehead atoms. The van der Waals surface area contributed by atoms with Crippen molar-refractivity contribution in [3.05, 3.63) is 47.5 Å². The third kappa shape index (κ3) is 5.22. The van der Waals surface area contributed by atoms with Crippen molar-refractivity contribution in [2.24, 2.45) is 0 Å². The van der Waals surface area contributed by atoms with Gasteiger partial charge in [0.05, 0.1) is 24.4 Å². The van der Waals surface area contributed by atoms with Crippen molar-refractivity contribution in [1.82, 2.24) is 9.88 Å². The van der Waals surface area contributed by atoms with Crippen molar-refractivity contribution < 1.29 is 14.3 Å². The number of para-hydroxylation sites is 1. The molecule has 162 valence electrons. The molecule has 0 N–H and O–H groups in total. The highest BCUT2D eigenvalue weighted by Crippen LogP contribution is 2.33. The van der Waals surface area contributed by atoms with Gasteiger partial charge >= 0.3 is 0 Å². The first kappa shape index (κ1) is 23.9. The average Bonchev–Trinajstić information content (AvgIpc) is 3.15. The molecule has 6 nitrogen and oxygen atoms in total. The van der Waals surface area contributed by atoms with Gasteiger partial charge < -0.3 is 14.4 Å². The Labute approximate surface area is 187 Å². The SMILES string of the molecule is COc1ccc(C(=O)N(CCCN(C)C)c2nc3c(C)cccc3s2)cc1OC.Cl. The quantitative estimate of drug-likeness (QED) is 0.501. The Hall–Kier alpha value is -2.35. The van der Waals surface area contributed by atoms with E-state index in [4.69, 9.17) is 14.5 Å². The number of hydrogen-bond acceptors (Lipinski definition) is 6. The lowest BCUT2D eigenvalue weighted by Gasteiger charge is -2.21. The highest BCUT2D eigenvalue weighted by atomic mass is 35.5. The number of carbonyl (C=O) groups excluding carboxylic acids is 1. The second-order valence-electron chi connectivity index (χ2n) is 7.10. The van der Waals surface area contributed by atoms with Crippen LogP contribution in [0.1, 0.15) is 22.3 Å². The first-order valence-electron chi connectivity index (χ1n) is 9.49. The molecule has 30 heavy (non-hydrogen) atoms. The lowest BCUT2D eigenvalue weighted by Crippen LogP contribution is -2.33. The number of carbonyl (C=O) groups is 1. The van der Waals surface area contributed by atoms with E-state index < -0.39 is 0 Å². The molecule has 0 radical (unpaired) electrons. The molecule has 3 rings (SSSR count). The molecule has 0 saturated carbocycles. The fourth-order valence-corrected chi connectivity index (χ4v) is 4.21. The molecule has 0 aliphatic carbocycles. The number of hydrogen-bond donors (Lipinski definition) is 0. The van der Waals surface area contributed by atoms with Crippen molar-refractivity contribution in [2.75, 3.05) is 46.3 Å². The zero-order chi connectivity index (χ0) is 21.0. The van der Waals surface area contributed by atoms with Gasteiger partial charge in [0.2, 0.25) is 0 Å². The van der Waals surface area contributed by atoms with Gasteiger partial charge in [-0.1, -0.05) is 23.5 Å². The smallest absolute Gasteiger partial charge is 0.260 e. The maximum absolute atomic E-state index is 13.4. The minimum absolute atomic E-state index is 0. The van der Waals surface area contributed by atoms with Gasteiger partial charge in [-0.2, -0.15) is 0 Å². The largest absolute Gasteiger partial charge is 0.493 e. The number of anilines is 1. The van der Waals surface area contributed by atoms with Crippen LogP contribution in [0.3, 0.4) is 0 Å². The number of aromatic nitrogens is 1. The van der Waals surface area contributed by atoms with E-state index in [-0.39, 0.29) is 18.3 Å². The molecule has 0 aliphatic rings. The summed E-state index contributed by atoms with van der Waals surface area (Å²) in [5, 5.41) is 0.716. The third-order valence-corrected chi connectivity index (χ3v) is 5.75. The molecule has 1 heterocycles. The summed E-state index contributed by atoms with van der Waals surface area (Å²) in [7, 11) is 7.21. The second-order valence-corrected chi connectivity index (χ2v) is 8.11. The normalized spacial score (nSPS) is 10.7. The monoisotopic (exact) mass is 449 g/mol. The molecule has 0 saturated heterocycles. The number of thiazole rings is 1. The van der Waals surface area contributed by atoms with E-state index >= 15 is 0 Å². The van der Waals surface area contributed by atoms with E-state index in [2.05, 4.69) is 4.90 Å². The minimum Gasteiger partial charge on any atom is -0.493 e. The molecule has 2 aromatic carbocycles. The summed E-state index contributed by atoms with van der Waals surface area (Å²) in [6, 6.07) is 11.3. The number of rotatable bonds is 8. The minimum atomic E-state index is -0.0959. The molecule has 0 fully saturated rings. The van der Waals surface area contributed by atoms with Crippen molar-refractivity contribution in [1.29, 1.82) is 0 Å². The summed E-state index contributed by atoms with van der Waals surface area (Å²) in [5.41, 5.74) is 2.60. The van der Waals surface area contributed by atoms with Crippen LogP contribution in [-0.2, 0) is 0 Å². The van der Waals surface area contributed by atoms with E-state index in [0.717, 1.165) is 28.7 Å². The molecule has 0 unspecified atom stereocenters. The zero-order valence-electron chi connectivity index (χ0n) is 18.0. The van der Waals surface area contributed by atoms with Gasteiger partial charge in [0, 0.05) is 12.1 Å². The summed E-state index contributed by atoms with van der Waals surface area (Å²) >= 11 is 1.54. The second kappa shape index (κ2) is 10.6. The van der Waals surface area contributed by atoms with E-state index in [9.17, 15) is 4.79 Å². The van der Waals surface area contributed by atoms with E-state index in [0.29, 0.717) is 28.7 Å². The molecular formula is C22H28ClN3O3S. The third-order valence-electron chi connectivity index (χ3n) is 4.70. The first-order chi connectivity index (χ1) is 13.9. The average molecular weight is 450 g/mol. The summed E-state index contributed by atoms with van der Waals surface area (Å²) in [6.45, 7) is 3.52. The predicted molar refractivity (Wildman–Crippen MR) is 126 cm³/mol. The van der Waals surface area contributed by atoms with Crippen LogP contribution in [0.25, 0.3) is 10.2 Å². The number of benzene rings is 2. The maximum Gasteiger partial charge on any atom is 0.260 e. The Morgan fingerprint density at radius 3 is 2.43 bits per heavy atom. The van der Waals surface area contributed by atoms with Gasteiger partial charge in [-0.05, 0) is 63.8 Å². The molecule has 3 aromatic rings. The standard InChI is InChI=1S/C22H27N3O3S.ClH/c1-15-8-6-9-19-20(15)23-22(29-19)25(13-7-12-24(2)3)21(26)16-10-11-17(27-4)18(14-16)28-5;/h6,8-11,14H,7,12-13H2,1-5H3;1H. The molecule has 1 aromatic heterocycles. The van der Waals surface area contributed by atoms with Crippen LogP contribution in [0.2, 0.25) is 0 Å². The Balaban J connectivity index is 0.00000320. The van der Waals surface area contributed by atoms with Crippen molar-refractivity contribution in [3.8, 4) is 11.5 Å². The number of fused-ring (bicyclic) bond motifs is 1. The van der Waals surface area contributed by atoms with E-state index in [1.807, 2.05) is 39.2 Å². The Morgan fingerprint density at radius 1 is 1.07 bits per heavy atom. The lowest BCUT2D eigenvalue weighted by molar-refractivity contribution is 0.0985. The molecular weight excluding hydrogens is 422 g/mol. The fraction of sp³-hybridized carbons (Fsp3) is 0.364. The van der Waals surface area contributed by atoms with Crippen molar-refractivity contribution in [2.45, 2.75) is 13.3 Å². The maximum atomic E-state index is 13.4. The highest BCUT2D eigenvalue weighted by molar-refractivity contribution is 7.22. The molecule has 0 aliphatic heterocycles. The molecule has 1 amide bonds. The number of methoxy groups -OCH3 is 2. The van der Waals surface area contributed by atoms with Gasteiger partial charge in [0.25, 0.3) is 5.91 Å². The van der Waals surface area contributed by atoms with Crippen molar-refractivity contribution >= 4 is 45.0 Å². The fourth-order valence-electron chi connectivity index (χ4n) is 3.14. The van der Waals surface area contributed by atoms with Gasteiger partial charge in [0.1, 0.15) is 0 Å². The number of nitrogens with zero attached hydrogens (tertiary/aromatic N) is 3. The van der Waals surface area contributed by atoms with Crippen LogP contribution in [0.5, 0.6) is 11.5 Å². The van der Waals surface area contributed by atoms with E-state index in [1.54, 1.807) is 48.7 Å². The Bertz CT molecular complexity index is 1010. The first-order valence-corrected chi connectivity index (χ1v) is 10.3. The number of halogens is 1. The predicted octanol–water partition coefficient (Wildman–Crippen LogP) is 4.64. The van der Waals surface area contributed by atoms with Crippen LogP contribution < -0.4 is 14.4 Å². The molecule has 8 heteroatoms. The Morgan fingerprint density at radius 2 is 1.80 bits per heavy atom. The van der Waals surface area contributed by atoms with Gasteiger partial charge in [0.15, 0.2) is 16.6 Å². The van der Waals surface area contributed by atoms with Crippen LogP contribution >= 0.6 is 23.7 Å². The van der Waals surface area contributed by atoms with E-state index in [1.165, 1.54) is 0 Å². The summed E-state index contributed by atoms with van der Waals surface area (Å²) < 4.78 is 11.7. The topological polar surface area (TPSA) is 54.9 Å². The summed E-state index contributed by atoms with van der Waals surface area (Å²) in [4.78, 5) is 22.1. The summed E-state index contributed by atoms with van der Waals surface area (Å²) in [6.07, 6.45) is 0.848. The lowest BCUT2D eigenvalue weighted by atomic mass is 10.1. The highest BCUT2D eigenvalue weighted by Gasteiger charge is 2.22. The van der Waals surface area contributed by atoms with Crippen LogP contribution in [0.4, 0.5) is 5.13 Å². The van der Waals surface area contributed by atoms with Crippen LogP contribution in [0, 0.1) is 6.92 Å². The van der Waals surface area contributed by atoms with Gasteiger partial charge in [-0.15, -0.1) is 12.4 Å².